The lowest BCUT2D eigenvalue weighted by Gasteiger charge is -2.12. The summed E-state index contributed by atoms with van der Waals surface area (Å²) in [7, 11) is -1.70. The van der Waals surface area contributed by atoms with Crippen molar-refractivity contribution in [2.45, 2.75) is 24.2 Å². The Morgan fingerprint density at radius 1 is 0.892 bits per heavy atom. The van der Waals surface area contributed by atoms with E-state index in [-0.39, 0.29) is 44.3 Å². The molecule has 3 aromatic heterocycles. The molecule has 196 valence electrons. The second-order valence-electron chi connectivity index (χ2n) is 8.17. The normalized spacial score (nSPS) is 12.9. The van der Waals surface area contributed by atoms with Crippen LogP contribution in [0.5, 0.6) is 0 Å². The molecule has 3 heterocycles. The Labute approximate surface area is 205 Å². The minimum Gasteiger partial charge on any atom is -0.321 e. The highest BCUT2D eigenvalue weighted by molar-refractivity contribution is 7.91. The van der Waals surface area contributed by atoms with Crippen molar-refractivity contribution in [3.05, 3.63) is 64.2 Å². The zero-order valence-electron chi connectivity index (χ0n) is 19.4. The van der Waals surface area contributed by atoms with Crippen LogP contribution >= 0.6 is 0 Å². The highest BCUT2D eigenvalue weighted by Crippen LogP contribution is 2.35. The lowest BCUT2D eigenvalue weighted by Crippen LogP contribution is -2.26. The third kappa shape index (κ3) is 4.61. The van der Waals surface area contributed by atoms with Crippen molar-refractivity contribution in [2.75, 3.05) is 5.75 Å². The summed E-state index contributed by atoms with van der Waals surface area (Å²) in [4.78, 5) is 20.7. The molecule has 0 fully saturated rings. The van der Waals surface area contributed by atoms with E-state index in [0.29, 0.717) is 10.6 Å². The minimum absolute atomic E-state index is 0.169. The quantitative estimate of drug-likeness (QED) is 0.344. The van der Waals surface area contributed by atoms with Gasteiger partial charge in [-0.3, -0.25) is 9.78 Å². The molecule has 0 saturated carbocycles. The van der Waals surface area contributed by atoms with Gasteiger partial charge >= 0.3 is 12.4 Å². The van der Waals surface area contributed by atoms with Crippen LogP contribution in [0.4, 0.5) is 26.3 Å². The van der Waals surface area contributed by atoms with Crippen molar-refractivity contribution in [1.82, 2.24) is 19.1 Å². The minimum atomic E-state index is -4.84. The Hall–Kier alpha value is -3.68. The summed E-state index contributed by atoms with van der Waals surface area (Å²) < 4.78 is 106. The second kappa shape index (κ2) is 8.71. The highest BCUT2D eigenvalue weighted by Gasteiger charge is 2.35. The Bertz CT molecular complexity index is 1690. The van der Waals surface area contributed by atoms with Gasteiger partial charge in [-0.05, 0) is 29.8 Å². The van der Waals surface area contributed by atoms with Gasteiger partial charge in [0.2, 0.25) is 0 Å². The molecular weight excluding hydrogens is 526 g/mol. The van der Waals surface area contributed by atoms with E-state index < -0.39 is 39.0 Å². The van der Waals surface area contributed by atoms with Crippen LogP contribution in [0.25, 0.3) is 33.7 Å². The number of halogens is 6. The fourth-order valence-corrected chi connectivity index (χ4v) is 4.92. The number of benzene rings is 1. The van der Waals surface area contributed by atoms with Crippen molar-refractivity contribution in [3.8, 4) is 22.6 Å². The fraction of sp³-hybridized carbons (Fsp3) is 0.261. The monoisotopic (exact) mass is 544 g/mol. The molecule has 14 heteroatoms. The average molecular weight is 544 g/mol. The molecular formula is C23H18F6N4O3S. The first-order valence-corrected chi connectivity index (χ1v) is 12.3. The lowest BCUT2D eigenvalue weighted by atomic mass is 10.0. The molecule has 1 aromatic carbocycles. The smallest absolute Gasteiger partial charge is 0.321 e. The number of hydrogen-bond acceptors (Lipinski definition) is 5. The molecule has 0 atom stereocenters. The van der Waals surface area contributed by atoms with Gasteiger partial charge in [-0.25, -0.2) is 13.4 Å². The van der Waals surface area contributed by atoms with Crippen LogP contribution in [-0.2, 0) is 36.3 Å². The van der Waals surface area contributed by atoms with E-state index in [1.54, 1.807) is 0 Å². The number of alkyl halides is 6. The van der Waals surface area contributed by atoms with Gasteiger partial charge in [-0.15, -0.1) is 0 Å². The van der Waals surface area contributed by atoms with E-state index in [1.165, 1.54) is 38.4 Å². The standard InChI is InChI=1S/C23H18F6N4O3S/c1-4-37(35,36)16-9-13(12-5-7-14(8-6-12)22(24,25)26)11-30-18(16)20-31-15-10-17(23(27,28)29)32(2)21(34)19(15)33(20)3/h5-11H,4H2,1-3H3. The Morgan fingerprint density at radius 3 is 2.05 bits per heavy atom. The maximum absolute atomic E-state index is 13.4. The largest absolute Gasteiger partial charge is 0.431 e. The number of nitrogens with zero attached hydrogens (tertiary/aromatic N) is 4. The van der Waals surface area contributed by atoms with E-state index in [4.69, 9.17) is 0 Å². The van der Waals surface area contributed by atoms with Crippen molar-refractivity contribution >= 4 is 20.9 Å². The van der Waals surface area contributed by atoms with Crippen LogP contribution in [0.1, 0.15) is 18.2 Å². The van der Waals surface area contributed by atoms with Crippen LogP contribution in [0.3, 0.4) is 0 Å². The Kier molecular flexibility index (Phi) is 6.21. The van der Waals surface area contributed by atoms with Crippen molar-refractivity contribution in [3.63, 3.8) is 0 Å². The van der Waals surface area contributed by atoms with E-state index in [2.05, 4.69) is 9.97 Å². The molecule has 37 heavy (non-hydrogen) atoms. The number of rotatable bonds is 4. The molecule has 0 aliphatic rings. The molecule has 0 unspecified atom stereocenters. The molecule has 0 aliphatic heterocycles. The second-order valence-corrected chi connectivity index (χ2v) is 10.4. The van der Waals surface area contributed by atoms with Crippen molar-refractivity contribution in [2.24, 2.45) is 14.1 Å². The number of aromatic nitrogens is 4. The predicted octanol–water partition coefficient (Wildman–Crippen LogP) is 4.83. The van der Waals surface area contributed by atoms with Gasteiger partial charge in [-0.2, -0.15) is 26.3 Å². The third-order valence-corrected chi connectivity index (χ3v) is 7.62. The number of hydrogen-bond donors (Lipinski definition) is 0. The summed E-state index contributed by atoms with van der Waals surface area (Å²) >= 11 is 0. The maximum atomic E-state index is 13.4. The maximum Gasteiger partial charge on any atom is 0.431 e. The van der Waals surface area contributed by atoms with Crippen LogP contribution in [0.2, 0.25) is 0 Å². The Balaban J connectivity index is 1.95. The first-order chi connectivity index (χ1) is 17.1. The van der Waals surface area contributed by atoms with Crippen molar-refractivity contribution < 1.29 is 34.8 Å². The average Bonchev–Trinajstić information content (AvgIpc) is 3.16. The molecule has 0 bridgehead atoms. The summed E-state index contributed by atoms with van der Waals surface area (Å²) in [5.41, 5.74) is -3.38. The molecule has 0 spiro atoms. The van der Waals surface area contributed by atoms with Gasteiger partial charge in [-0.1, -0.05) is 19.1 Å². The van der Waals surface area contributed by atoms with Crippen LogP contribution in [0.15, 0.2) is 52.3 Å². The summed E-state index contributed by atoms with van der Waals surface area (Å²) in [5, 5.41) is 0. The summed E-state index contributed by atoms with van der Waals surface area (Å²) in [6.45, 7) is 1.37. The number of aryl methyl sites for hydroxylation is 1. The van der Waals surface area contributed by atoms with Gasteiger partial charge in [0.25, 0.3) is 5.56 Å². The zero-order valence-corrected chi connectivity index (χ0v) is 20.3. The number of sulfone groups is 1. The summed E-state index contributed by atoms with van der Waals surface area (Å²) in [6.07, 6.45) is -8.18. The fourth-order valence-electron chi connectivity index (χ4n) is 3.87. The Morgan fingerprint density at radius 2 is 1.51 bits per heavy atom. The van der Waals surface area contributed by atoms with E-state index >= 15 is 0 Å². The van der Waals surface area contributed by atoms with Gasteiger partial charge in [0.1, 0.15) is 16.9 Å². The molecule has 0 saturated heterocycles. The van der Waals surface area contributed by atoms with E-state index in [0.717, 1.165) is 23.7 Å². The summed E-state index contributed by atoms with van der Waals surface area (Å²) in [5.74, 6) is -0.542. The first kappa shape index (κ1) is 26.4. The number of imidazole rings is 1. The number of pyridine rings is 2. The highest BCUT2D eigenvalue weighted by atomic mass is 32.2. The predicted molar refractivity (Wildman–Crippen MR) is 122 cm³/mol. The number of fused-ring (bicyclic) bond motifs is 1. The van der Waals surface area contributed by atoms with Gasteiger partial charge in [0.15, 0.2) is 15.7 Å². The van der Waals surface area contributed by atoms with Crippen LogP contribution in [0, 0.1) is 0 Å². The van der Waals surface area contributed by atoms with Gasteiger partial charge < -0.3 is 9.13 Å². The topological polar surface area (TPSA) is 86.8 Å². The van der Waals surface area contributed by atoms with Crippen LogP contribution in [-0.4, -0.2) is 33.3 Å². The molecule has 0 N–H and O–H groups in total. The molecule has 0 amide bonds. The molecule has 0 aliphatic carbocycles. The van der Waals surface area contributed by atoms with Crippen molar-refractivity contribution in [1.29, 1.82) is 0 Å². The summed E-state index contributed by atoms with van der Waals surface area (Å²) in [6, 6.07) is 5.92. The van der Waals surface area contributed by atoms with E-state index in [1.807, 2.05) is 0 Å². The SMILES string of the molecule is CCS(=O)(=O)c1cc(-c2ccc(C(F)(F)F)cc2)cnc1-c1nc2cc(C(F)(F)F)n(C)c(=O)c2n1C. The zero-order chi connectivity index (χ0) is 27.5. The van der Waals surface area contributed by atoms with Gasteiger partial charge in [0.05, 0.1) is 21.7 Å². The third-order valence-electron chi connectivity index (χ3n) is 5.88. The molecule has 4 aromatic rings. The van der Waals surface area contributed by atoms with Crippen LogP contribution < -0.4 is 5.56 Å². The first-order valence-electron chi connectivity index (χ1n) is 10.6. The molecule has 0 radical (unpaired) electrons. The van der Waals surface area contributed by atoms with Gasteiger partial charge in [0, 0.05) is 25.9 Å². The lowest BCUT2D eigenvalue weighted by molar-refractivity contribution is -0.143. The molecule has 7 nitrogen and oxygen atoms in total. The van der Waals surface area contributed by atoms with E-state index in [9.17, 15) is 39.6 Å². The molecule has 4 rings (SSSR count).